The molecule has 0 amide bonds. The lowest BCUT2D eigenvalue weighted by Gasteiger charge is -2.48. The number of hydrogen-bond acceptors (Lipinski definition) is 4. The van der Waals surface area contributed by atoms with Crippen LogP contribution in [0.3, 0.4) is 0 Å². The molecule has 2 heterocycles. The number of para-hydroxylation sites is 1. The summed E-state index contributed by atoms with van der Waals surface area (Å²) in [6.45, 7) is 1.92. The highest BCUT2D eigenvalue weighted by Gasteiger charge is 2.54. The zero-order chi connectivity index (χ0) is 14.2. The first-order valence-corrected chi connectivity index (χ1v) is 7.11. The van der Waals surface area contributed by atoms with Crippen LogP contribution in [-0.2, 0) is 6.42 Å². The molecule has 0 radical (unpaired) electrons. The summed E-state index contributed by atoms with van der Waals surface area (Å²) < 4.78 is 5.78. The van der Waals surface area contributed by atoms with Gasteiger partial charge in [0.1, 0.15) is 17.8 Å². The molecule has 4 heteroatoms. The molecule has 20 heavy (non-hydrogen) atoms. The van der Waals surface area contributed by atoms with Gasteiger partial charge in [-0.05, 0) is 31.5 Å². The van der Waals surface area contributed by atoms with Gasteiger partial charge >= 0.3 is 0 Å². The third-order valence-electron chi connectivity index (χ3n) is 4.86. The van der Waals surface area contributed by atoms with E-state index in [4.69, 9.17) is 4.74 Å². The number of nitrogens with zero attached hydrogens (tertiary/aromatic N) is 2. The van der Waals surface area contributed by atoms with Crippen LogP contribution in [0.5, 0.6) is 5.75 Å². The zero-order valence-corrected chi connectivity index (χ0v) is 11.8. The van der Waals surface area contributed by atoms with Gasteiger partial charge in [0.2, 0.25) is 0 Å². The van der Waals surface area contributed by atoms with E-state index in [9.17, 15) is 10.4 Å². The maximum Gasteiger partial charge on any atom is 0.124 e. The van der Waals surface area contributed by atoms with E-state index in [2.05, 4.69) is 11.0 Å². The molecule has 1 N–H and O–H groups in total. The number of nitriles is 1. The van der Waals surface area contributed by atoms with Crippen molar-refractivity contribution in [1.29, 1.82) is 5.26 Å². The highest BCUT2D eigenvalue weighted by molar-refractivity contribution is 5.38. The summed E-state index contributed by atoms with van der Waals surface area (Å²) in [7, 11) is 2.05. The van der Waals surface area contributed by atoms with Crippen LogP contribution in [0.1, 0.15) is 18.4 Å². The lowest BCUT2D eigenvalue weighted by atomic mass is 9.64. The van der Waals surface area contributed by atoms with Crippen LogP contribution in [0.4, 0.5) is 0 Å². The standard InChI is InChI=1S/C16H20N2O2/c1-18-8-6-16(19,7-9-18)15(11-17)10-13-4-2-3-5-14(13)20-12-15/h2-5,19H,6-10,12H2,1H3. The Morgan fingerprint density at radius 2 is 2.00 bits per heavy atom. The van der Waals surface area contributed by atoms with Crippen LogP contribution in [-0.4, -0.2) is 42.4 Å². The third-order valence-corrected chi connectivity index (χ3v) is 4.86. The van der Waals surface area contributed by atoms with Gasteiger partial charge in [-0.15, -0.1) is 0 Å². The Kier molecular flexibility index (Phi) is 3.19. The Morgan fingerprint density at radius 1 is 1.30 bits per heavy atom. The average molecular weight is 272 g/mol. The van der Waals surface area contributed by atoms with Crippen LogP contribution in [0, 0.1) is 16.7 Å². The van der Waals surface area contributed by atoms with Crippen LogP contribution in [0.15, 0.2) is 24.3 Å². The molecule has 1 atom stereocenters. The minimum atomic E-state index is -0.957. The number of rotatable bonds is 1. The van der Waals surface area contributed by atoms with Crippen molar-refractivity contribution in [3.05, 3.63) is 29.8 Å². The second kappa shape index (κ2) is 4.76. The first-order chi connectivity index (χ1) is 9.59. The summed E-state index contributed by atoms with van der Waals surface area (Å²) in [6, 6.07) is 10.2. The van der Waals surface area contributed by atoms with Gasteiger partial charge in [-0.25, -0.2) is 0 Å². The second-order valence-electron chi connectivity index (χ2n) is 6.10. The molecule has 3 rings (SSSR count). The lowest BCUT2D eigenvalue weighted by molar-refractivity contribution is -0.112. The Labute approximate surface area is 119 Å². The minimum absolute atomic E-state index is 0.278. The summed E-state index contributed by atoms with van der Waals surface area (Å²) in [5.74, 6) is 0.843. The van der Waals surface area contributed by atoms with E-state index in [-0.39, 0.29) is 6.61 Å². The Morgan fingerprint density at radius 3 is 2.70 bits per heavy atom. The fourth-order valence-electron chi connectivity index (χ4n) is 3.31. The van der Waals surface area contributed by atoms with Crippen molar-refractivity contribution in [2.24, 2.45) is 5.41 Å². The Balaban J connectivity index is 1.92. The summed E-state index contributed by atoms with van der Waals surface area (Å²) in [5, 5.41) is 20.8. The molecule has 2 aliphatic rings. The summed E-state index contributed by atoms with van der Waals surface area (Å²) in [5.41, 5.74) is -0.766. The molecule has 1 aromatic carbocycles. The quantitative estimate of drug-likeness (QED) is 0.843. The molecular formula is C16H20N2O2. The predicted molar refractivity (Wildman–Crippen MR) is 75.4 cm³/mol. The molecule has 1 unspecified atom stereocenters. The summed E-state index contributed by atoms with van der Waals surface area (Å²) in [6.07, 6.45) is 1.82. The number of fused-ring (bicyclic) bond motifs is 1. The highest BCUT2D eigenvalue weighted by atomic mass is 16.5. The van der Waals surface area contributed by atoms with Crippen molar-refractivity contribution in [3.8, 4) is 11.8 Å². The van der Waals surface area contributed by atoms with E-state index >= 15 is 0 Å². The number of aliphatic hydroxyl groups is 1. The van der Waals surface area contributed by atoms with Gasteiger partial charge in [0.05, 0.1) is 11.7 Å². The van der Waals surface area contributed by atoms with E-state index in [0.717, 1.165) is 24.4 Å². The van der Waals surface area contributed by atoms with Gasteiger partial charge in [-0.1, -0.05) is 18.2 Å². The maximum atomic E-state index is 11.1. The monoisotopic (exact) mass is 272 g/mol. The maximum absolute atomic E-state index is 11.1. The van der Waals surface area contributed by atoms with Crippen molar-refractivity contribution >= 4 is 0 Å². The highest BCUT2D eigenvalue weighted by Crippen LogP contribution is 2.45. The first kappa shape index (κ1) is 13.4. The Hall–Kier alpha value is -1.57. The van der Waals surface area contributed by atoms with Crippen molar-refractivity contribution in [2.45, 2.75) is 24.9 Å². The average Bonchev–Trinajstić information content (AvgIpc) is 2.49. The van der Waals surface area contributed by atoms with Crippen LogP contribution in [0.25, 0.3) is 0 Å². The molecule has 2 aliphatic heterocycles. The van der Waals surface area contributed by atoms with E-state index in [1.54, 1.807) is 0 Å². The van der Waals surface area contributed by atoms with Crippen molar-refractivity contribution in [2.75, 3.05) is 26.7 Å². The van der Waals surface area contributed by atoms with Crippen molar-refractivity contribution in [3.63, 3.8) is 0 Å². The molecule has 106 valence electrons. The van der Waals surface area contributed by atoms with Gasteiger partial charge in [0.25, 0.3) is 0 Å². The number of likely N-dealkylation sites (tertiary alicyclic amines) is 1. The number of piperidine rings is 1. The normalized spacial score (nSPS) is 29.1. The largest absolute Gasteiger partial charge is 0.492 e. The number of ether oxygens (including phenoxy) is 1. The molecular weight excluding hydrogens is 252 g/mol. The first-order valence-electron chi connectivity index (χ1n) is 7.11. The number of hydrogen-bond donors (Lipinski definition) is 1. The lowest BCUT2D eigenvalue weighted by Crippen LogP contribution is -2.58. The van der Waals surface area contributed by atoms with E-state index in [1.165, 1.54) is 0 Å². The Bertz CT molecular complexity index is 544. The molecule has 1 aromatic rings. The topological polar surface area (TPSA) is 56.5 Å². The smallest absolute Gasteiger partial charge is 0.124 e. The van der Waals surface area contributed by atoms with Crippen molar-refractivity contribution in [1.82, 2.24) is 4.90 Å². The minimum Gasteiger partial charge on any atom is -0.492 e. The molecule has 4 nitrogen and oxygen atoms in total. The molecule has 1 fully saturated rings. The summed E-state index contributed by atoms with van der Waals surface area (Å²) >= 11 is 0. The number of benzene rings is 1. The molecule has 1 saturated heterocycles. The van der Waals surface area contributed by atoms with E-state index in [0.29, 0.717) is 19.3 Å². The second-order valence-corrected chi connectivity index (χ2v) is 6.10. The molecule has 0 aliphatic carbocycles. The molecule has 0 saturated carbocycles. The molecule has 0 bridgehead atoms. The van der Waals surface area contributed by atoms with E-state index in [1.807, 2.05) is 31.3 Å². The SMILES string of the molecule is CN1CCC(O)(C2(C#N)COc3ccccc3C2)CC1. The van der Waals surface area contributed by atoms with E-state index < -0.39 is 11.0 Å². The van der Waals surface area contributed by atoms with Crippen molar-refractivity contribution < 1.29 is 9.84 Å². The van der Waals surface area contributed by atoms with Gasteiger partial charge in [0.15, 0.2) is 0 Å². The fourth-order valence-corrected chi connectivity index (χ4v) is 3.31. The van der Waals surface area contributed by atoms with Gasteiger partial charge < -0.3 is 14.7 Å². The van der Waals surface area contributed by atoms with Crippen LogP contribution < -0.4 is 4.74 Å². The third kappa shape index (κ3) is 1.98. The molecule has 0 spiro atoms. The van der Waals surface area contributed by atoms with Crippen LogP contribution in [0.2, 0.25) is 0 Å². The molecule has 0 aromatic heterocycles. The summed E-state index contributed by atoms with van der Waals surface area (Å²) in [4.78, 5) is 2.19. The zero-order valence-electron chi connectivity index (χ0n) is 11.8. The van der Waals surface area contributed by atoms with Gasteiger partial charge in [0, 0.05) is 19.5 Å². The predicted octanol–water partition coefficient (Wildman–Crippen LogP) is 1.59. The fraction of sp³-hybridized carbons (Fsp3) is 0.562. The van der Waals surface area contributed by atoms with Gasteiger partial charge in [-0.2, -0.15) is 5.26 Å². The van der Waals surface area contributed by atoms with Gasteiger partial charge in [-0.3, -0.25) is 0 Å². The van der Waals surface area contributed by atoms with Crippen LogP contribution >= 0.6 is 0 Å².